The summed E-state index contributed by atoms with van der Waals surface area (Å²) in [6.07, 6.45) is 1.86. The number of nitrogens with zero attached hydrogens (tertiary/aromatic N) is 1. The van der Waals surface area contributed by atoms with Gasteiger partial charge < -0.3 is 5.32 Å². The first-order chi connectivity index (χ1) is 10.1. The lowest BCUT2D eigenvalue weighted by Crippen LogP contribution is -2.12. The summed E-state index contributed by atoms with van der Waals surface area (Å²) >= 11 is 8.07. The van der Waals surface area contributed by atoms with Crippen molar-refractivity contribution in [2.75, 3.05) is 6.54 Å². The van der Waals surface area contributed by atoms with Crippen molar-refractivity contribution in [3.8, 4) is 0 Å². The number of hydrogen-bond acceptors (Lipinski definition) is 3. The summed E-state index contributed by atoms with van der Waals surface area (Å²) in [6.45, 7) is 8.51. The van der Waals surface area contributed by atoms with Crippen LogP contribution in [0.4, 0.5) is 0 Å². The molecule has 0 spiro atoms. The average molecular weight is 323 g/mol. The van der Waals surface area contributed by atoms with Crippen LogP contribution in [0.1, 0.15) is 41.9 Å². The monoisotopic (exact) mass is 322 g/mol. The highest BCUT2D eigenvalue weighted by atomic mass is 35.5. The van der Waals surface area contributed by atoms with Crippen LogP contribution in [0.25, 0.3) is 0 Å². The van der Waals surface area contributed by atoms with E-state index in [0.717, 1.165) is 41.5 Å². The molecular weight excluding hydrogens is 300 g/mol. The summed E-state index contributed by atoms with van der Waals surface area (Å²) in [5.74, 6) is 0.626. The molecule has 1 heterocycles. The smallest absolute Gasteiger partial charge is 0.0975 e. The maximum Gasteiger partial charge on any atom is 0.0975 e. The third-order valence-electron chi connectivity index (χ3n) is 3.26. The molecule has 0 aliphatic rings. The summed E-state index contributed by atoms with van der Waals surface area (Å²) in [6, 6.07) is 8.02. The largest absolute Gasteiger partial charge is 0.312 e. The molecule has 2 rings (SSSR count). The van der Waals surface area contributed by atoms with Gasteiger partial charge in [-0.05, 0) is 30.5 Å². The molecule has 4 heteroatoms. The second-order valence-corrected chi connectivity index (χ2v) is 7.20. The van der Waals surface area contributed by atoms with Crippen molar-refractivity contribution in [1.29, 1.82) is 0 Å². The van der Waals surface area contributed by atoms with E-state index in [1.165, 1.54) is 10.6 Å². The first-order valence-corrected chi connectivity index (χ1v) is 8.71. The Hall–Kier alpha value is -0.900. The minimum Gasteiger partial charge on any atom is -0.312 e. The van der Waals surface area contributed by atoms with Crippen LogP contribution in [-0.2, 0) is 19.4 Å². The zero-order valence-corrected chi connectivity index (χ0v) is 14.5. The van der Waals surface area contributed by atoms with Crippen LogP contribution in [-0.4, -0.2) is 11.5 Å². The number of aromatic nitrogens is 1. The highest BCUT2D eigenvalue weighted by Gasteiger charge is 2.13. The van der Waals surface area contributed by atoms with Gasteiger partial charge in [-0.2, -0.15) is 0 Å². The lowest BCUT2D eigenvalue weighted by atomic mass is 10.1. The predicted octanol–water partition coefficient (Wildman–Crippen LogP) is 4.70. The molecule has 0 bridgehead atoms. The molecule has 0 saturated heterocycles. The first-order valence-electron chi connectivity index (χ1n) is 7.51. The van der Waals surface area contributed by atoms with Crippen molar-refractivity contribution in [3.63, 3.8) is 0 Å². The molecule has 21 heavy (non-hydrogen) atoms. The van der Waals surface area contributed by atoms with Gasteiger partial charge in [-0.3, -0.25) is 0 Å². The van der Waals surface area contributed by atoms with Gasteiger partial charge in [0.15, 0.2) is 0 Å². The molecule has 2 nitrogen and oxygen atoms in total. The molecule has 0 aliphatic heterocycles. The van der Waals surface area contributed by atoms with Gasteiger partial charge in [-0.1, -0.05) is 50.6 Å². The summed E-state index contributed by atoms with van der Waals surface area (Å²) in [5.41, 5.74) is 2.40. The van der Waals surface area contributed by atoms with Crippen molar-refractivity contribution in [3.05, 3.63) is 50.4 Å². The lowest BCUT2D eigenvalue weighted by Gasteiger charge is -2.05. The van der Waals surface area contributed by atoms with Gasteiger partial charge in [-0.15, -0.1) is 11.3 Å². The van der Waals surface area contributed by atoms with E-state index in [2.05, 4.69) is 32.2 Å². The van der Waals surface area contributed by atoms with Crippen LogP contribution in [0.5, 0.6) is 0 Å². The molecule has 2 aromatic rings. The van der Waals surface area contributed by atoms with Crippen molar-refractivity contribution >= 4 is 22.9 Å². The molecule has 0 unspecified atom stereocenters. The molecule has 1 aromatic heterocycles. The Bertz CT molecular complexity index is 578. The Labute approximate surface area is 136 Å². The van der Waals surface area contributed by atoms with Gasteiger partial charge in [0.1, 0.15) is 0 Å². The average Bonchev–Trinajstić information content (AvgIpc) is 2.80. The van der Waals surface area contributed by atoms with Crippen LogP contribution in [0.2, 0.25) is 5.02 Å². The second kappa shape index (κ2) is 7.92. The van der Waals surface area contributed by atoms with E-state index in [4.69, 9.17) is 16.6 Å². The molecular formula is C17H23ClN2S. The maximum absolute atomic E-state index is 6.25. The molecule has 0 radical (unpaired) electrons. The fourth-order valence-electron chi connectivity index (χ4n) is 2.24. The zero-order valence-electron chi connectivity index (χ0n) is 12.9. The van der Waals surface area contributed by atoms with E-state index in [0.29, 0.717) is 5.92 Å². The van der Waals surface area contributed by atoms with E-state index in [-0.39, 0.29) is 0 Å². The Morgan fingerprint density at radius 2 is 2.05 bits per heavy atom. The molecule has 0 saturated carbocycles. The summed E-state index contributed by atoms with van der Waals surface area (Å²) < 4.78 is 0. The zero-order chi connectivity index (χ0) is 15.2. The van der Waals surface area contributed by atoms with E-state index in [1.807, 2.05) is 29.5 Å². The van der Waals surface area contributed by atoms with Crippen LogP contribution >= 0.6 is 22.9 Å². The van der Waals surface area contributed by atoms with Crippen LogP contribution in [0.15, 0.2) is 24.3 Å². The predicted molar refractivity (Wildman–Crippen MR) is 92.3 cm³/mol. The summed E-state index contributed by atoms with van der Waals surface area (Å²) in [5, 5.41) is 5.40. The van der Waals surface area contributed by atoms with Gasteiger partial charge in [0.25, 0.3) is 0 Å². The Kier molecular flexibility index (Phi) is 6.22. The topological polar surface area (TPSA) is 24.9 Å². The van der Waals surface area contributed by atoms with Crippen molar-refractivity contribution in [1.82, 2.24) is 10.3 Å². The molecule has 0 aliphatic carbocycles. The quantitative estimate of drug-likeness (QED) is 0.799. The molecule has 1 aromatic carbocycles. The molecule has 0 atom stereocenters. The SMILES string of the molecule is CCNCc1sc(Cc2ccccc2Cl)nc1CC(C)C. The van der Waals surface area contributed by atoms with Crippen molar-refractivity contribution in [2.45, 2.75) is 40.2 Å². The van der Waals surface area contributed by atoms with Crippen molar-refractivity contribution in [2.24, 2.45) is 5.92 Å². The fourth-order valence-corrected chi connectivity index (χ4v) is 3.53. The van der Waals surface area contributed by atoms with Gasteiger partial charge in [-0.25, -0.2) is 4.98 Å². The van der Waals surface area contributed by atoms with E-state index < -0.39 is 0 Å². The summed E-state index contributed by atoms with van der Waals surface area (Å²) in [7, 11) is 0. The third-order valence-corrected chi connectivity index (χ3v) is 4.73. The van der Waals surface area contributed by atoms with Crippen LogP contribution < -0.4 is 5.32 Å². The minimum atomic E-state index is 0.626. The number of rotatable bonds is 7. The van der Waals surface area contributed by atoms with Crippen molar-refractivity contribution < 1.29 is 0 Å². The van der Waals surface area contributed by atoms with Gasteiger partial charge in [0, 0.05) is 22.9 Å². The standard InChI is InChI=1S/C17H23ClN2S/c1-4-19-11-16-15(9-12(2)3)20-17(21-16)10-13-7-5-6-8-14(13)18/h5-8,12,19H,4,9-11H2,1-3H3. The van der Waals surface area contributed by atoms with Crippen LogP contribution in [0.3, 0.4) is 0 Å². The Balaban J connectivity index is 2.19. The number of halogens is 1. The van der Waals surface area contributed by atoms with E-state index in [9.17, 15) is 0 Å². The van der Waals surface area contributed by atoms with Gasteiger partial charge >= 0.3 is 0 Å². The highest BCUT2D eigenvalue weighted by Crippen LogP contribution is 2.25. The maximum atomic E-state index is 6.25. The third kappa shape index (κ3) is 4.80. The number of nitrogens with one attached hydrogen (secondary N) is 1. The lowest BCUT2D eigenvalue weighted by molar-refractivity contribution is 0.626. The molecule has 0 amide bonds. The van der Waals surface area contributed by atoms with Gasteiger partial charge in [0.05, 0.1) is 10.7 Å². The summed E-state index contributed by atoms with van der Waals surface area (Å²) in [4.78, 5) is 6.23. The normalized spacial score (nSPS) is 11.3. The number of hydrogen-bond donors (Lipinski definition) is 1. The van der Waals surface area contributed by atoms with Crippen LogP contribution in [0, 0.1) is 5.92 Å². The molecule has 0 fully saturated rings. The second-order valence-electron chi connectivity index (χ2n) is 5.62. The number of benzene rings is 1. The first kappa shape index (κ1) is 16.5. The molecule has 1 N–H and O–H groups in total. The van der Waals surface area contributed by atoms with Gasteiger partial charge in [0.2, 0.25) is 0 Å². The van der Waals surface area contributed by atoms with E-state index >= 15 is 0 Å². The number of thiazole rings is 1. The fraction of sp³-hybridized carbons (Fsp3) is 0.471. The minimum absolute atomic E-state index is 0.626. The Morgan fingerprint density at radius 3 is 2.71 bits per heavy atom. The van der Waals surface area contributed by atoms with E-state index in [1.54, 1.807) is 0 Å². The molecule has 114 valence electrons. The highest BCUT2D eigenvalue weighted by molar-refractivity contribution is 7.11. The Morgan fingerprint density at radius 1 is 1.29 bits per heavy atom.